The molecular formula is C7H14O3S. The van der Waals surface area contributed by atoms with Crippen molar-refractivity contribution in [1.82, 2.24) is 0 Å². The van der Waals surface area contributed by atoms with Gasteiger partial charge in [-0.3, -0.25) is 0 Å². The predicted molar refractivity (Wildman–Crippen MR) is 46.0 cm³/mol. The van der Waals surface area contributed by atoms with Crippen molar-refractivity contribution in [2.45, 2.75) is 13.3 Å². The van der Waals surface area contributed by atoms with Crippen molar-refractivity contribution < 1.29 is 14.3 Å². The molecule has 0 saturated carbocycles. The minimum absolute atomic E-state index is 0.458. The lowest BCUT2D eigenvalue weighted by molar-refractivity contribution is 0.0731. The molecule has 0 aromatic carbocycles. The molecule has 0 spiro atoms. The molecule has 0 N–H and O–H groups in total. The van der Waals surface area contributed by atoms with Crippen molar-refractivity contribution in [2.75, 3.05) is 25.2 Å². The molecule has 66 valence electrons. The Labute approximate surface area is 71.4 Å². The molecule has 0 aliphatic carbocycles. The molecule has 0 aliphatic rings. The topological polar surface area (TPSA) is 35.5 Å². The summed E-state index contributed by atoms with van der Waals surface area (Å²) < 4.78 is 8.95. The van der Waals surface area contributed by atoms with Gasteiger partial charge >= 0.3 is 6.16 Å². The maximum absolute atomic E-state index is 10.4. The standard InChI is InChI=1S/C7H14O3S/c1-3-11-6-4-5-10-7(8)9-2/h3-6H2,1-2H3. The zero-order valence-corrected chi connectivity index (χ0v) is 7.78. The molecular weight excluding hydrogens is 164 g/mol. The summed E-state index contributed by atoms with van der Waals surface area (Å²) in [6.07, 6.45) is 0.305. The van der Waals surface area contributed by atoms with Crippen molar-refractivity contribution in [3.05, 3.63) is 0 Å². The lowest BCUT2D eigenvalue weighted by Gasteiger charge is -2.01. The maximum atomic E-state index is 10.4. The van der Waals surface area contributed by atoms with Gasteiger partial charge in [0.25, 0.3) is 0 Å². The molecule has 0 bridgehead atoms. The molecule has 0 fully saturated rings. The molecule has 0 heterocycles. The van der Waals surface area contributed by atoms with Crippen molar-refractivity contribution in [1.29, 1.82) is 0 Å². The van der Waals surface area contributed by atoms with Crippen LogP contribution in [0, 0.1) is 0 Å². The fraction of sp³-hybridized carbons (Fsp3) is 0.857. The van der Waals surface area contributed by atoms with E-state index < -0.39 is 6.16 Å². The van der Waals surface area contributed by atoms with E-state index in [1.165, 1.54) is 7.11 Å². The Kier molecular flexibility index (Phi) is 7.46. The largest absolute Gasteiger partial charge is 0.507 e. The summed E-state index contributed by atoms with van der Waals surface area (Å²) in [5, 5.41) is 0. The van der Waals surface area contributed by atoms with Crippen LogP contribution >= 0.6 is 11.8 Å². The van der Waals surface area contributed by atoms with E-state index in [9.17, 15) is 4.79 Å². The monoisotopic (exact) mass is 178 g/mol. The zero-order valence-electron chi connectivity index (χ0n) is 6.96. The van der Waals surface area contributed by atoms with Crippen LogP contribution in [-0.2, 0) is 9.47 Å². The molecule has 4 heteroatoms. The van der Waals surface area contributed by atoms with Gasteiger partial charge in [-0.25, -0.2) is 4.79 Å². The Balaban J connectivity index is 2.95. The van der Waals surface area contributed by atoms with Gasteiger partial charge in [-0.05, 0) is 17.9 Å². The van der Waals surface area contributed by atoms with Crippen LogP contribution in [0.1, 0.15) is 13.3 Å². The van der Waals surface area contributed by atoms with Gasteiger partial charge < -0.3 is 9.47 Å². The van der Waals surface area contributed by atoms with Gasteiger partial charge in [0.05, 0.1) is 13.7 Å². The van der Waals surface area contributed by atoms with Crippen LogP contribution in [-0.4, -0.2) is 31.4 Å². The smallest absolute Gasteiger partial charge is 0.438 e. The van der Waals surface area contributed by atoms with E-state index >= 15 is 0 Å². The molecule has 0 aromatic heterocycles. The summed E-state index contributed by atoms with van der Waals surface area (Å²) in [4.78, 5) is 10.4. The molecule has 0 radical (unpaired) electrons. The number of rotatable bonds is 5. The Morgan fingerprint density at radius 3 is 2.82 bits per heavy atom. The summed E-state index contributed by atoms with van der Waals surface area (Å²) in [5.41, 5.74) is 0. The Bertz CT molecular complexity index is 106. The number of carbonyl (C=O) groups is 1. The highest BCUT2D eigenvalue weighted by Gasteiger charge is 1.97. The van der Waals surface area contributed by atoms with Crippen molar-refractivity contribution >= 4 is 17.9 Å². The third kappa shape index (κ3) is 7.52. The summed E-state index contributed by atoms with van der Waals surface area (Å²) in [6, 6.07) is 0. The minimum atomic E-state index is -0.591. The molecule has 0 rings (SSSR count). The number of methoxy groups -OCH3 is 1. The van der Waals surface area contributed by atoms with E-state index in [4.69, 9.17) is 0 Å². The number of hydrogen-bond donors (Lipinski definition) is 0. The van der Waals surface area contributed by atoms with Crippen LogP contribution in [0.3, 0.4) is 0 Å². The molecule has 0 amide bonds. The molecule has 11 heavy (non-hydrogen) atoms. The van der Waals surface area contributed by atoms with E-state index in [1.807, 2.05) is 11.8 Å². The summed E-state index contributed by atoms with van der Waals surface area (Å²) in [6.45, 7) is 2.56. The van der Waals surface area contributed by atoms with Crippen LogP contribution in [0.4, 0.5) is 4.79 Å². The van der Waals surface area contributed by atoms with E-state index in [1.54, 1.807) is 0 Å². The van der Waals surface area contributed by atoms with Crippen LogP contribution < -0.4 is 0 Å². The summed E-state index contributed by atoms with van der Waals surface area (Å²) >= 11 is 1.84. The Hall–Kier alpha value is -0.380. The number of thioether (sulfide) groups is 1. The zero-order chi connectivity index (χ0) is 8.53. The van der Waals surface area contributed by atoms with Gasteiger partial charge in [-0.15, -0.1) is 0 Å². The second kappa shape index (κ2) is 7.72. The van der Waals surface area contributed by atoms with Gasteiger partial charge in [0.1, 0.15) is 0 Å². The second-order valence-electron chi connectivity index (χ2n) is 1.85. The van der Waals surface area contributed by atoms with Gasteiger partial charge in [0, 0.05) is 0 Å². The van der Waals surface area contributed by atoms with Gasteiger partial charge in [-0.1, -0.05) is 6.92 Å². The molecule has 3 nitrogen and oxygen atoms in total. The van der Waals surface area contributed by atoms with E-state index in [2.05, 4.69) is 16.4 Å². The van der Waals surface area contributed by atoms with E-state index in [0.717, 1.165) is 17.9 Å². The fourth-order valence-corrected chi connectivity index (χ4v) is 1.13. The third-order valence-electron chi connectivity index (χ3n) is 1.02. The fourth-order valence-electron chi connectivity index (χ4n) is 0.520. The molecule has 0 aromatic rings. The average Bonchev–Trinajstić information content (AvgIpc) is 2.04. The van der Waals surface area contributed by atoms with Crippen molar-refractivity contribution in [3.8, 4) is 0 Å². The van der Waals surface area contributed by atoms with Gasteiger partial charge in [0.15, 0.2) is 0 Å². The first-order chi connectivity index (χ1) is 5.31. The lowest BCUT2D eigenvalue weighted by Crippen LogP contribution is -2.05. The molecule has 0 aliphatic heterocycles. The average molecular weight is 178 g/mol. The number of carbonyl (C=O) groups excluding carboxylic acids is 1. The first-order valence-electron chi connectivity index (χ1n) is 3.59. The van der Waals surface area contributed by atoms with Crippen LogP contribution in [0.15, 0.2) is 0 Å². The lowest BCUT2D eigenvalue weighted by atomic mass is 10.5. The first-order valence-corrected chi connectivity index (χ1v) is 4.75. The quantitative estimate of drug-likeness (QED) is 0.476. The predicted octanol–water partition coefficient (Wildman–Crippen LogP) is 1.91. The SMILES string of the molecule is CCSCCCOC(=O)OC. The van der Waals surface area contributed by atoms with Crippen molar-refractivity contribution in [3.63, 3.8) is 0 Å². The first kappa shape index (κ1) is 10.6. The third-order valence-corrected chi connectivity index (χ3v) is 2.01. The van der Waals surface area contributed by atoms with Gasteiger partial charge in [-0.2, -0.15) is 11.8 Å². The molecule has 0 unspecified atom stereocenters. The number of ether oxygens (including phenoxy) is 2. The van der Waals surface area contributed by atoms with E-state index in [-0.39, 0.29) is 0 Å². The Morgan fingerprint density at radius 1 is 1.55 bits per heavy atom. The highest BCUT2D eigenvalue weighted by Crippen LogP contribution is 2.00. The minimum Gasteiger partial charge on any atom is -0.438 e. The molecule has 0 saturated heterocycles. The Morgan fingerprint density at radius 2 is 2.27 bits per heavy atom. The van der Waals surface area contributed by atoms with Gasteiger partial charge in [0.2, 0.25) is 0 Å². The van der Waals surface area contributed by atoms with Crippen LogP contribution in [0.25, 0.3) is 0 Å². The van der Waals surface area contributed by atoms with Crippen molar-refractivity contribution in [2.24, 2.45) is 0 Å². The van der Waals surface area contributed by atoms with Crippen LogP contribution in [0.2, 0.25) is 0 Å². The van der Waals surface area contributed by atoms with Crippen LogP contribution in [0.5, 0.6) is 0 Å². The normalized spacial score (nSPS) is 9.27. The highest BCUT2D eigenvalue weighted by atomic mass is 32.2. The van der Waals surface area contributed by atoms with E-state index in [0.29, 0.717) is 6.61 Å². The second-order valence-corrected chi connectivity index (χ2v) is 3.25. The maximum Gasteiger partial charge on any atom is 0.507 e. The summed E-state index contributed by atoms with van der Waals surface area (Å²) in [7, 11) is 1.31. The number of hydrogen-bond acceptors (Lipinski definition) is 4. The highest BCUT2D eigenvalue weighted by molar-refractivity contribution is 7.99. The summed E-state index contributed by atoms with van der Waals surface area (Å²) in [5.74, 6) is 2.14. The molecule has 0 atom stereocenters.